The van der Waals surface area contributed by atoms with E-state index in [1.165, 1.54) is 0 Å². The Morgan fingerprint density at radius 2 is 1.67 bits per heavy atom. The van der Waals surface area contributed by atoms with Crippen molar-refractivity contribution in [3.8, 4) is 0 Å². The van der Waals surface area contributed by atoms with Crippen LogP contribution in [0.15, 0.2) is 0 Å². The lowest BCUT2D eigenvalue weighted by Crippen LogP contribution is -2.31. The van der Waals surface area contributed by atoms with Crippen LogP contribution in [0, 0.1) is 6.04 Å². The summed E-state index contributed by atoms with van der Waals surface area (Å²) in [5.74, 6) is 0. The molecule has 5 heteroatoms. The van der Waals surface area contributed by atoms with Crippen LogP contribution in [0.3, 0.4) is 0 Å². The Hall–Kier alpha value is 0.127. The second kappa shape index (κ2) is 4.97. The summed E-state index contributed by atoms with van der Waals surface area (Å²) in [7, 11) is -4.19. The highest BCUT2D eigenvalue weighted by Gasteiger charge is 2.31. The molecule has 0 atom stereocenters. The third-order valence-electron chi connectivity index (χ3n) is 2.41. The first-order valence-electron chi connectivity index (χ1n) is 5.24. The average molecular weight is 251 g/mol. The van der Waals surface area contributed by atoms with Gasteiger partial charge in [0.25, 0.3) is 10.1 Å². The summed E-state index contributed by atoms with van der Waals surface area (Å²) in [6.07, 6.45) is 1.27. The summed E-state index contributed by atoms with van der Waals surface area (Å²) in [6, 6.07) is 2.23. The van der Waals surface area contributed by atoms with Crippen molar-refractivity contribution in [1.29, 1.82) is 0 Å². The second-order valence-corrected chi connectivity index (χ2v) is 11.0. The van der Waals surface area contributed by atoms with E-state index < -0.39 is 14.9 Å². The van der Waals surface area contributed by atoms with Crippen molar-refractivity contribution < 1.29 is 13.0 Å². The molecule has 0 amide bonds. The highest BCUT2D eigenvalue weighted by Crippen LogP contribution is 2.25. The Balaban J connectivity index is 3.98. The van der Waals surface area contributed by atoms with Gasteiger partial charge in [-0.05, 0) is 25.3 Å². The predicted molar refractivity (Wildman–Crippen MR) is 67.4 cm³/mol. The minimum atomic E-state index is -3.92. The van der Waals surface area contributed by atoms with Crippen LogP contribution in [0.5, 0.6) is 0 Å². The van der Waals surface area contributed by atoms with Gasteiger partial charge in [-0.2, -0.15) is 8.42 Å². The fourth-order valence-corrected chi connectivity index (χ4v) is 2.76. The molecule has 3 nitrogen and oxygen atoms in total. The molecule has 1 N–H and O–H groups in total. The Bertz CT molecular complexity index is 288. The zero-order valence-corrected chi connectivity index (χ0v) is 12.6. The fraction of sp³-hybridized carbons (Fsp3) is 0.900. The summed E-state index contributed by atoms with van der Waals surface area (Å²) < 4.78 is 30.0. The van der Waals surface area contributed by atoms with Gasteiger partial charge in [-0.1, -0.05) is 33.2 Å². The number of rotatable bonds is 5. The van der Waals surface area contributed by atoms with Gasteiger partial charge in [0.15, 0.2) is 0 Å². The molecule has 91 valence electrons. The second-order valence-electron chi connectivity index (χ2n) is 5.83. The molecule has 0 aromatic rings. The topological polar surface area (TPSA) is 54.4 Å². The summed E-state index contributed by atoms with van der Waals surface area (Å²) in [5.41, 5.74) is 0. The van der Waals surface area contributed by atoms with Gasteiger partial charge in [0.1, 0.15) is 0 Å². The fourth-order valence-electron chi connectivity index (χ4n) is 1.11. The predicted octanol–water partition coefficient (Wildman–Crippen LogP) is 1.98. The maximum Gasteiger partial charge on any atom is 0.270 e. The van der Waals surface area contributed by atoms with E-state index in [0.29, 0.717) is 11.5 Å². The highest BCUT2D eigenvalue weighted by atomic mass is 32.2. The van der Waals surface area contributed by atoms with Crippen molar-refractivity contribution in [2.45, 2.75) is 57.2 Å². The van der Waals surface area contributed by atoms with Crippen LogP contribution in [-0.4, -0.2) is 27.2 Å². The molecule has 0 aliphatic carbocycles. The molecule has 0 bridgehead atoms. The SMILES string of the molecule is CC(C)(C)[SiH2][CH]CCC(C)(C)S(=O)(=O)O. The van der Waals surface area contributed by atoms with E-state index in [9.17, 15) is 8.42 Å². The zero-order chi connectivity index (χ0) is 12.3. The first kappa shape index (κ1) is 15.1. The highest BCUT2D eigenvalue weighted by molar-refractivity contribution is 7.87. The van der Waals surface area contributed by atoms with Crippen LogP contribution in [0.2, 0.25) is 5.04 Å². The van der Waals surface area contributed by atoms with E-state index in [1.807, 2.05) is 0 Å². The van der Waals surface area contributed by atoms with Gasteiger partial charge in [0.05, 0.1) is 4.75 Å². The van der Waals surface area contributed by atoms with Crippen molar-refractivity contribution in [1.82, 2.24) is 0 Å². The standard InChI is InChI=1S/C10H23O3SSi/c1-9(2,3)15-8-6-7-10(4,5)14(11,12)13/h8H,6-7,15H2,1-5H3,(H,11,12,13). The molecule has 0 aromatic carbocycles. The lowest BCUT2D eigenvalue weighted by atomic mass is 10.1. The van der Waals surface area contributed by atoms with Gasteiger partial charge in [-0.3, -0.25) is 4.55 Å². The van der Waals surface area contributed by atoms with Crippen LogP contribution < -0.4 is 0 Å². The molecule has 1 radical (unpaired) electrons. The Labute approximate surface area is 96.2 Å². The van der Waals surface area contributed by atoms with Gasteiger partial charge in [-0.25, -0.2) is 0 Å². The van der Waals surface area contributed by atoms with E-state index in [-0.39, 0.29) is 9.52 Å². The third-order valence-corrected chi connectivity index (χ3v) is 5.93. The lowest BCUT2D eigenvalue weighted by Gasteiger charge is -2.22. The molecular weight excluding hydrogens is 228 g/mol. The Kier molecular flexibility index (Phi) is 5.01. The van der Waals surface area contributed by atoms with Crippen LogP contribution in [-0.2, 0) is 10.1 Å². The summed E-state index contributed by atoms with van der Waals surface area (Å²) in [5, 5.41) is 0.377. The van der Waals surface area contributed by atoms with Crippen molar-refractivity contribution >= 4 is 19.6 Å². The van der Waals surface area contributed by atoms with E-state index in [4.69, 9.17) is 4.55 Å². The molecule has 0 aromatic heterocycles. The molecule has 15 heavy (non-hydrogen) atoms. The van der Waals surface area contributed by atoms with Crippen molar-refractivity contribution in [3.05, 3.63) is 6.04 Å². The van der Waals surface area contributed by atoms with Gasteiger partial charge < -0.3 is 0 Å². The van der Waals surface area contributed by atoms with Gasteiger partial charge in [0.2, 0.25) is 0 Å². The Morgan fingerprint density at radius 1 is 1.20 bits per heavy atom. The molecule has 0 fully saturated rings. The summed E-state index contributed by atoms with van der Waals surface area (Å²) in [6.45, 7) is 9.72. The molecular formula is C10H23O3SSi. The van der Waals surface area contributed by atoms with Crippen LogP contribution in [0.4, 0.5) is 0 Å². The number of hydrogen-bond donors (Lipinski definition) is 1. The molecule has 0 aliphatic heterocycles. The molecule has 0 unspecified atom stereocenters. The maximum atomic E-state index is 11.0. The zero-order valence-electron chi connectivity index (χ0n) is 10.4. The van der Waals surface area contributed by atoms with Crippen LogP contribution >= 0.6 is 0 Å². The quantitative estimate of drug-likeness (QED) is 0.462. The maximum absolute atomic E-state index is 11.0. The van der Waals surface area contributed by atoms with Crippen LogP contribution in [0.1, 0.15) is 47.5 Å². The summed E-state index contributed by atoms with van der Waals surface area (Å²) in [4.78, 5) is 0. The van der Waals surface area contributed by atoms with E-state index in [1.54, 1.807) is 13.8 Å². The molecule has 0 saturated heterocycles. The Morgan fingerprint density at radius 3 is 2.00 bits per heavy atom. The van der Waals surface area contributed by atoms with Gasteiger partial charge in [-0.15, -0.1) is 0 Å². The average Bonchev–Trinajstić information content (AvgIpc) is 1.94. The summed E-state index contributed by atoms with van der Waals surface area (Å²) >= 11 is 0. The van der Waals surface area contributed by atoms with E-state index >= 15 is 0 Å². The minimum absolute atomic E-state index is 0.265. The molecule has 0 rings (SSSR count). The first-order valence-corrected chi connectivity index (χ1v) is 8.21. The number of hydrogen-bond acceptors (Lipinski definition) is 2. The smallest absolute Gasteiger partial charge is 0.270 e. The third kappa shape index (κ3) is 6.32. The molecule has 0 heterocycles. The van der Waals surface area contributed by atoms with Crippen molar-refractivity contribution in [2.75, 3.05) is 0 Å². The van der Waals surface area contributed by atoms with Gasteiger partial charge in [0, 0.05) is 9.52 Å². The monoisotopic (exact) mass is 251 g/mol. The van der Waals surface area contributed by atoms with Crippen molar-refractivity contribution in [3.63, 3.8) is 0 Å². The normalized spacial score (nSPS) is 15.1. The minimum Gasteiger partial charge on any atom is -0.285 e. The van der Waals surface area contributed by atoms with Crippen LogP contribution in [0.25, 0.3) is 0 Å². The largest absolute Gasteiger partial charge is 0.285 e. The molecule has 0 aliphatic rings. The molecule has 0 saturated carbocycles. The van der Waals surface area contributed by atoms with Gasteiger partial charge >= 0.3 is 0 Å². The first-order chi connectivity index (χ1) is 6.46. The van der Waals surface area contributed by atoms with Crippen molar-refractivity contribution in [2.24, 2.45) is 0 Å². The molecule has 0 spiro atoms. The van der Waals surface area contributed by atoms with E-state index in [2.05, 4.69) is 26.8 Å². The van der Waals surface area contributed by atoms with E-state index in [0.717, 1.165) is 6.42 Å². The lowest BCUT2D eigenvalue weighted by molar-refractivity contribution is 0.432.